The lowest BCUT2D eigenvalue weighted by Crippen LogP contribution is -2.41. The van der Waals surface area contributed by atoms with Gasteiger partial charge in [-0.1, -0.05) is 32.0 Å². The fourth-order valence-corrected chi connectivity index (χ4v) is 4.69. The van der Waals surface area contributed by atoms with E-state index in [0.717, 1.165) is 49.9 Å². The summed E-state index contributed by atoms with van der Waals surface area (Å²) in [6.07, 6.45) is 6.38. The lowest BCUT2D eigenvalue weighted by molar-refractivity contribution is -0.135. The van der Waals surface area contributed by atoms with Gasteiger partial charge in [-0.15, -0.1) is 0 Å². The maximum atomic E-state index is 11.8. The van der Waals surface area contributed by atoms with E-state index in [4.69, 9.17) is 10.8 Å². The molecule has 35 heavy (non-hydrogen) atoms. The molecule has 2 aromatic carbocycles. The molecule has 0 bridgehead atoms. The molecule has 2 amide bonds. The Bertz CT molecular complexity index is 1170. The Labute approximate surface area is 205 Å². The Kier molecular flexibility index (Phi) is 9.03. The number of nitrogens with two attached hydrogens (primary N) is 1. The number of H-pyrrole nitrogens is 1. The molecule has 0 unspecified atom stereocenters. The molecule has 186 valence electrons. The van der Waals surface area contributed by atoms with Crippen molar-refractivity contribution in [2.75, 3.05) is 19.6 Å². The number of amides is 2. The largest absolute Gasteiger partial charge is 0.480 e. The van der Waals surface area contributed by atoms with E-state index in [9.17, 15) is 14.4 Å². The maximum Gasteiger partial charge on any atom is 0.322 e. The summed E-state index contributed by atoms with van der Waals surface area (Å²) in [5, 5.41) is 11.8. The van der Waals surface area contributed by atoms with Crippen molar-refractivity contribution in [3.63, 3.8) is 0 Å². The number of rotatable bonds is 9. The first-order chi connectivity index (χ1) is 16.8. The van der Waals surface area contributed by atoms with Crippen LogP contribution >= 0.6 is 0 Å². The summed E-state index contributed by atoms with van der Waals surface area (Å²) in [5.41, 5.74) is 10.3. The molecule has 3 aromatic rings. The third kappa shape index (κ3) is 6.48. The van der Waals surface area contributed by atoms with Crippen LogP contribution in [0.5, 0.6) is 0 Å². The molecule has 1 aliphatic rings. The number of carboxylic acid groups (broad SMARTS) is 1. The number of benzene rings is 2. The van der Waals surface area contributed by atoms with Gasteiger partial charge < -0.3 is 21.1 Å². The molecule has 8 heteroatoms. The Morgan fingerprint density at radius 1 is 1.06 bits per heavy atom. The van der Waals surface area contributed by atoms with Gasteiger partial charge >= 0.3 is 5.97 Å². The van der Waals surface area contributed by atoms with E-state index < -0.39 is 5.97 Å². The average Bonchev–Trinajstić information content (AvgIpc) is 3.27. The van der Waals surface area contributed by atoms with Crippen molar-refractivity contribution in [1.29, 1.82) is 0 Å². The van der Waals surface area contributed by atoms with Gasteiger partial charge in [-0.3, -0.25) is 19.3 Å². The Hall–Kier alpha value is -3.65. The van der Waals surface area contributed by atoms with Crippen LogP contribution in [0.25, 0.3) is 10.9 Å². The summed E-state index contributed by atoms with van der Waals surface area (Å²) in [4.78, 5) is 39.0. The number of carbonyl (C=O) groups excluding carboxylic acids is 2. The monoisotopic (exact) mass is 478 g/mol. The fourth-order valence-electron chi connectivity index (χ4n) is 4.69. The number of hydrogen-bond acceptors (Lipinski definition) is 4. The summed E-state index contributed by atoms with van der Waals surface area (Å²) < 4.78 is 0. The molecular weight excluding hydrogens is 444 g/mol. The van der Waals surface area contributed by atoms with Gasteiger partial charge in [-0.25, -0.2) is 0 Å². The van der Waals surface area contributed by atoms with Crippen LogP contribution in [0, 0.1) is 0 Å². The molecule has 8 nitrogen and oxygen atoms in total. The SMILES string of the molecule is CCCN(CCC)[C@H]1Cc2c[nH]c3ccc(C(N)=O)c(c23)C1.O=C(O)CNC(=O)c1ccccc1. The molecule has 1 atom stereocenters. The van der Waals surface area contributed by atoms with E-state index >= 15 is 0 Å². The van der Waals surface area contributed by atoms with Crippen LogP contribution in [0.1, 0.15) is 58.5 Å². The average molecular weight is 479 g/mol. The molecule has 1 aromatic heterocycles. The minimum atomic E-state index is -1.05. The van der Waals surface area contributed by atoms with Gasteiger partial charge in [0.05, 0.1) is 0 Å². The smallest absolute Gasteiger partial charge is 0.322 e. The van der Waals surface area contributed by atoms with Crippen molar-refractivity contribution in [3.8, 4) is 0 Å². The molecule has 0 fully saturated rings. The van der Waals surface area contributed by atoms with Gasteiger partial charge in [0, 0.05) is 34.3 Å². The van der Waals surface area contributed by atoms with Gasteiger partial charge in [0.2, 0.25) is 5.91 Å². The lowest BCUT2D eigenvalue weighted by Gasteiger charge is -2.34. The van der Waals surface area contributed by atoms with Crippen LogP contribution in [0.15, 0.2) is 48.7 Å². The number of nitrogens with zero attached hydrogens (tertiary/aromatic N) is 1. The predicted octanol–water partition coefficient (Wildman–Crippen LogP) is 3.36. The van der Waals surface area contributed by atoms with Crippen molar-refractivity contribution in [1.82, 2.24) is 15.2 Å². The first kappa shape index (κ1) is 26.0. The van der Waals surface area contributed by atoms with Crippen LogP contribution in [0.2, 0.25) is 0 Å². The van der Waals surface area contributed by atoms with E-state index in [1.54, 1.807) is 30.3 Å². The molecular formula is C27H34N4O4. The molecule has 0 saturated carbocycles. The summed E-state index contributed by atoms with van der Waals surface area (Å²) in [6, 6.07) is 12.8. The first-order valence-corrected chi connectivity index (χ1v) is 12.1. The normalized spacial score (nSPS) is 14.3. The number of primary amides is 1. The summed E-state index contributed by atoms with van der Waals surface area (Å²) in [6.45, 7) is 6.32. The highest BCUT2D eigenvalue weighted by Crippen LogP contribution is 2.33. The number of carbonyl (C=O) groups is 3. The quantitative estimate of drug-likeness (QED) is 0.375. The molecule has 0 saturated heterocycles. The van der Waals surface area contributed by atoms with E-state index in [1.807, 2.05) is 12.1 Å². The van der Waals surface area contributed by atoms with E-state index in [1.165, 1.54) is 10.9 Å². The molecule has 1 aliphatic carbocycles. The van der Waals surface area contributed by atoms with Crippen LogP contribution in [0.3, 0.4) is 0 Å². The molecule has 0 radical (unpaired) electrons. The molecule has 4 rings (SSSR count). The molecule has 5 N–H and O–H groups in total. The van der Waals surface area contributed by atoms with Crippen molar-refractivity contribution in [2.45, 2.75) is 45.6 Å². The standard InChI is InChI=1S/C18H25N3O.C9H9NO3/c1-3-7-21(8-4-2)13-9-12-11-20-16-6-5-14(18(19)22)15(10-13)17(12)16;11-8(12)6-10-9(13)7-4-2-1-3-5-7/h5-6,11,13,20H,3-4,7-10H2,1-2H3,(H2,19,22);1-5H,6H2,(H,10,13)(H,11,12)/t13-;/m0./s1. The van der Waals surface area contributed by atoms with E-state index in [2.05, 4.69) is 35.2 Å². The second-order valence-corrected chi connectivity index (χ2v) is 8.73. The molecule has 0 aliphatic heterocycles. The Morgan fingerprint density at radius 3 is 2.34 bits per heavy atom. The van der Waals surface area contributed by atoms with Crippen LogP contribution in [-0.2, 0) is 17.6 Å². The van der Waals surface area contributed by atoms with E-state index in [-0.39, 0.29) is 18.4 Å². The summed E-state index contributed by atoms with van der Waals surface area (Å²) in [5.74, 6) is -1.74. The number of hydrogen-bond donors (Lipinski definition) is 4. The number of aromatic nitrogens is 1. The summed E-state index contributed by atoms with van der Waals surface area (Å²) >= 11 is 0. The minimum Gasteiger partial charge on any atom is -0.480 e. The van der Waals surface area contributed by atoms with Gasteiger partial charge in [0.25, 0.3) is 5.91 Å². The highest BCUT2D eigenvalue weighted by Gasteiger charge is 2.28. The third-order valence-corrected chi connectivity index (χ3v) is 6.17. The zero-order valence-corrected chi connectivity index (χ0v) is 20.3. The van der Waals surface area contributed by atoms with Crippen molar-refractivity contribution in [2.24, 2.45) is 5.73 Å². The minimum absolute atomic E-state index is 0.317. The van der Waals surface area contributed by atoms with Gasteiger partial charge in [-0.05, 0) is 74.2 Å². The zero-order valence-electron chi connectivity index (χ0n) is 20.3. The predicted molar refractivity (Wildman–Crippen MR) is 137 cm³/mol. The molecule has 1 heterocycles. The highest BCUT2D eigenvalue weighted by molar-refractivity contribution is 6.01. The van der Waals surface area contributed by atoms with Crippen LogP contribution < -0.4 is 11.1 Å². The number of nitrogens with one attached hydrogen (secondary N) is 2. The number of aromatic amines is 1. The molecule has 0 spiro atoms. The van der Waals surface area contributed by atoms with Gasteiger partial charge in [0.15, 0.2) is 0 Å². The van der Waals surface area contributed by atoms with Crippen molar-refractivity contribution >= 4 is 28.7 Å². The number of aliphatic carboxylic acids is 1. The van der Waals surface area contributed by atoms with Gasteiger partial charge in [-0.2, -0.15) is 0 Å². The third-order valence-electron chi connectivity index (χ3n) is 6.17. The van der Waals surface area contributed by atoms with Crippen LogP contribution in [0.4, 0.5) is 0 Å². The fraction of sp³-hybridized carbons (Fsp3) is 0.370. The van der Waals surface area contributed by atoms with Crippen LogP contribution in [-0.4, -0.2) is 58.5 Å². The topological polar surface area (TPSA) is 129 Å². The number of carboxylic acids is 1. The van der Waals surface area contributed by atoms with E-state index in [0.29, 0.717) is 17.2 Å². The van der Waals surface area contributed by atoms with Crippen molar-refractivity contribution in [3.05, 3.63) is 70.9 Å². The first-order valence-electron chi connectivity index (χ1n) is 12.1. The summed E-state index contributed by atoms with van der Waals surface area (Å²) in [7, 11) is 0. The van der Waals surface area contributed by atoms with Gasteiger partial charge in [0.1, 0.15) is 6.54 Å². The van der Waals surface area contributed by atoms with Crippen molar-refractivity contribution < 1.29 is 19.5 Å². The second kappa shape index (κ2) is 12.2. The zero-order chi connectivity index (χ0) is 25.4. The lowest BCUT2D eigenvalue weighted by atomic mass is 9.85. The Morgan fingerprint density at radius 2 is 1.74 bits per heavy atom. The highest BCUT2D eigenvalue weighted by atomic mass is 16.4. The Balaban J connectivity index is 0.000000225. The maximum absolute atomic E-state index is 11.8. The second-order valence-electron chi connectivity index (χ2n) is 8.73.